The summed E-state index contributed by atoms with van der Waals surface area (Å²) in [5.41, 5.74) is 0.616. The van der Waals surface area contributed by atoms with Crippen LogP contribution in [0.25, 0.3) is 0 Å². The van der Waals surface area contributed by atoms with E-state index in [1.54, 1.807) is 18.9 Å². The van der Waals surface area contributed by atoms with E-state index in [-0.39, 0.29) is 24.0 Å². The third-order valence-corrected chi connectivity index (χ3v) is 4.68. The molecule has 1 fully saturated rings. The van der Waals surface area contributed by atoms with Crippen LogP contribution in [-0.2, 0) is 9.53 Å². The molecule has 1 aromatic carbocycles. The van der Waals surface area contributed by atoms with E-state index in [0.717, 1.165) is 17.7 Å². The van der Waals surface area contributed by atoms with Crippen LogP contribution in [0.15, 0.2) is 23.1 Å². The SMILES string of the molecule is COC(=O)[C@H]1CC[C@@H](NC(=O)Nc2ccc(SC)cc2OC)C1. The molecule has 0 aromatic heterocycles. The maximum absolute atomic E-state index is 12.1. The molecular weight excluding hydrogens is 316 g/mol. The van der Waals surface area contributed by atoms with Crippen LogP contribution in [0.2, 0.25) is 0 Å². The first-order valence-electron chi connectivity index (χ1n) is 7.44. The molecule has 0 aliphatic heterocycles. The second-order valence-corrected chi connectivity index (χ2v) is 6.27. The molecule has 7 heteroatoms. The average Bonchev–Trinajstić information content (AvgIpc) is 3.02. The first-order chi connectivity index (χ1) is 11.1. The van der Waals surface area contributed by atoms with Gasteiger partial charge in [-0.15, -0.1) is 11.8 Å². The number of nitrogens with one attached hydrogen (secondary N) is 2. The van der Waals surface area contributed by atoms with E-state index in [9.17, 15) is 9.59 Å². The Hall–Kier alpha value is -1.89. The van der Waals surface area contributed by atoms with Crippen LogP contribution < -0.4 is 15.4 Å². The zero-order valence-corrected chi connectivity index (χ0v) is 14.4. The molecule has 0 radical (unpaired) electrons. The summed E-state index contributed by atoms with van der Waals surface area (Å²) in [6.07, 6.45) is 4.11. The van der Waals surface area contributed by atoms with Crippen molar-refractivity contribution >= 4 is 29.4 Å². The van der Waals surface area contributed by atoms with Gasteiger partial charge in [-0.2, -0.15) is 0 Å². The summed E-state index contributed by atoms with van der Waals surface area (Å²) in [7, 11) is 2.96. The van der Waals surface area contributed by atoms with Gasteiger partial charge in [0.25, 0.3) is 0 Å². The van der Waals surface area contributed by atoms with Gasteiger partial charge in [0.05, 0.1) is 25.8 Å². The van der Waals surface area contributed by atoms with E-state index in [4.69, 9.17) is 9.47 Å². The van der Waals surface area contributed by atoms with Gasteiger partial charge in [-0.25, -0.2) is 4.79 Å². The van der Waals surface area contributed by atoms with Gasteiger partial charge < -0.3 is 20.1 Å². The van der Waals surface area contributed by atoms with E-state index in [1.807, 2.05) is 24.5 Å². The minimum atomic E-state index is -0.296. The number of amides is 2. The Bertz CT molecular complexity index is 579. The lowest BCUT2D eigenvalue weighted by atomic mass is 10.1. The highest BCUT2D eigenvalue weighted by molar-refractivity contribution is 7.98. The van der Waals surface area contributed by atoms with Crippen molar-refractivity contribution in [3.8, 4) is 5.75 Å². The fourth-order valence-electron chi connectivity index (χ4n) is 2.74. The number of ether oxygens (including phenoxy) is 2. The van der Waals surface area contributed by atoms with Crippen molar-refractivity contribution in [3.05, 3.63) is 18.2 Å². The summed E-state index contributed by atoms with van der Waals surface area (Å²) in [4.78, 5) is 24.7. The first-order valence-corrected chi connectivity index (χ1v) is 8.67. The second kappa shape index (κ2) is 8.10. The van der Waals surface area contributed by atoms with Crippen molar-refractivity contribution in [3.63, 3.8) is 0 Å². The van der Waals surface area contributed by atoms with Gasteiger partial charge in [0, 0.05) is 10.9 Å². The maximum Gasteiger partial charge on any atom is 0.319 e. The van der Waals surface area contributed by atoms with Crippen LogP contribution in [0.1, 0.15) is 19.3 Å². The number of thioether (sulfide) groups is 1. The number of hydrogen-bond acceptors (Lipinski definition) is 5. The molecule has 1 saturated carbocycles. The number of methoxy groups -OCH3 is 2. The molecule has 6 nitrogen and oxygen atoms in total. The van der Waals surface area contributed by atoms with Gasteiger partial charge in [0.1, 0.15) is 5.75 Å². The number of hydrogen-bond donors (Lipinski definition) is 2. The number of rotatable bonds is 5. The van der Waals surface area contributed by atoms with Crippen LogP contribution >= 0.6 is 11.8 Å². The minimum absolute atomic E-state index is 0.0180. The largest absolute Gasteiger partial charge is 0.495 e. The lowest BCUT2D eigenvalue weighted by molar-refractivity contribution is -0.145. The highest BCUT2D eigenvalue weighted by Gasteiger charge is 2.31. The standard InChI is InChI=1S/C16H22N2O4S/c1-21-14-9-12(23-3)6-7-13(14)18-16(20)17-11-5-4-10(8-11)15(19)22-2/h6-7,9-11H,4-5,8H2,1-3H3,(H2,17,18,20)/t10-,11+/m0/s1. The van der Waals surface area contributed by atoms with Crippen molar-refractivity contribution in [1.82, 2.24) is 5.32 Å². The molecule has 1 aliphatic carbocycles. The molecule has 0 spiro atoms. The molecule has 1 aliphatic rings. The molecule has 2 amide bonds. The number of benzene rings is 1. The van der Waals surface area contributed by atoms with Gasteiger partial charge in [-0.1, -0.05) is 0 Å². The number of carbonyl (C=O) groups excluding carboxylic acids is 2. The lowest BCUT2D eigenvalue weighted by Gasteiger charge is -2.15. The number of esters is 1. The zero-order chi connectivity index (χ0) is 16.8. The van der Waals surface area contributed by atoms with Gasteiger partial charge in [-0.05, 0) is 43.7 Å². The predicted molar refractivity (Wildman–Crippen MR) is 90.1 cm³/mol. The molecule has 0 heterocycles. The second-order valence-electron chi connectivity index (χ2n) is 5.39. The summed E-state index contributed by atoms with van der Waals surface area (Å²) in [6, 6.07) is 5.30. The molecular formula is C16H22N2O4S. The van der Waals surface area contributed by atoms with E-state index in [0.29, 0.717) is 17.9 Å². The topological polar surface area (TPSA) is 76.7 Å². The summed E-state index contributed by atoms with van der Waals surface area (Å²) < 4.78 is 10.1. The van der Waals surface area contributed by atoms with Crippen LogP contribution in [0, 0.1) is 5.92 Å². The Labute approximate surface area is 140 Å². The van der Waals surface area contributed by atoms with E-state index >= 15 is 0 Å². The third kappa shape index (κ3) is 4.54. The van der Waals surface area contributed by atoms with Crippen molar-refractivity contribution in [2.45, 2.75) is 30.2 Å². The number of anilines is 1. The van der Waals surface area contributed by atoms with Gasteiger partial charge in [0.2, 0.25) is 0 Å². The highest BCUT2D eigenvalue weighted by atomic mass is 32.2. The molecule has 2 N–H and O–H groups in total. The predicted octanol–water partition coefficient (Wildman–Crippen LogP) is 2.88. The summed E-state index contributed by atoms with van der Waals surface area (Å²) in [5.74, 6) is 0.288. The highest BCUT2D eigenvalue weighted by Crippen LogP contribution is 2.30. The Kier molecular flexibility index (Phi) is 6.15. The Morgan fingerprint density at radius 3 is 2.70 bits per heavy atom. The van der Waals surface area contributed by atoms with E-state index in [1.165, 1.54) is 7.11 Å². The summed E-state index contributed by atoms with van der Waals surface area (Å²) >= 11 is 1.61. The molecule has 2 atom stereocenters. The van der Waals surface area contributed by atoms with Crippen molar-refractivity contribution in [1.29, 1.82) is 0 Å². The van der Waals surface area contributed by atoms with Crippen LogP contribution in [0.4, 0.5) is 10.5 Å². The zero-order valence-electron chi connectivity index (χ0n) is 13.5. The molecule has 23 heavy (non-hydrogen) atoms. The number of carbonyl (C=O) groups is 2. The van der Waals surface area contributed by atoms with Gasteiger partial charge in [-0.3, -0.25) is 4.79 Å². The first kappa shape index (κ1) is 17.5. The molecule has 126 valence electrons. The molecule has 2 rings (SSSR count). The Balaban J connectivity index is 1.92. The smallest absolute Gasteiger partial charge is 0.319 e. The Morgan fingerprint density at radius 2 is 2.04 bits per heavy atom. The van der Waals surface area contributed by atoms with Crippen molar-refractivity contribution < 1.29 is 19.1 Å². The molecule has 0 bridgehead atoms. The lowest BCUT2D eigenvalue weighted by Crippen LogP contribution is -2.36. The normalized spacial score (nSPS) is 20.0. The molecule has 1 aromatic rings. The fraction of sp³-hybridized carbons (Fsp3) is 0.500. The molecule has 0 saturated heterocycles. The van der Waals surface area contributed by atoms with E-state index < -0.39 is 0 Å². The van der Waals surface area contributed by atoms with Crippen LogP contribution in [-0.4, -0.2) is 38.5 Å². The minimum Gasteiger partial charge on any atom is -0.495 e. The number of urea groups is 1. The van der Waals surface area contributed by atoms with Crippen LogP contribution in [0.5, 0.6) is 5.75 Å². The quantitative estimate of drug-likeness (QED) is 0.638. The summed E-state index contributed by atoms with van der Waals surface area (Å²) in [5, 5.41) is 5.69. The Morgan fingerprint density at radius 1 is 1.26 bits per heavy atom. The fourth-order valence-corrected chi connectivity index (χ4v) is 3.17. The van der Waals surface area contributed by atoms with Crippen LogP contribution in [0.3, 0.4) is 0 Å². The van der Waals surface area contributed by atoms with Crippen molar-refractivity contribution in [2.24, 2.45) is 5.92 Å². The van der Waals surface area contributed by atoms with Crippen molar-refractivity contribution in [2.75, 3.05) is 25.8 Å². The molecule has 0 unspecified atom stereocenters. The summed E-state index contributed by atoms with van der Waals surface area (Å²) in [6.45, 7) is 0. The van der Waals surface area contributed by atoms with Gasteiger partial charge in [0.15, 0.2) is 0 Å². The van der Waals surface area contributed by atoms with E-state index in [2.05, 4.69) is 10.6 Å². The van der Waals surface area contributed by atoms with Gasteiger partial charge >= 0.3 is 12.0 Å². The maximum atomic E-state index is 12.1. The monoisotopic (exact) mass is 338 g/mol. The third-order valence-electron chi connectivity index (χ3n) is 3.96. The average molecular weight is 338 g/mol.